The van der Waals surface area contributed by atoms with Gasteiger partial charge < -0.3 is 9.47 Å². The summed E-state index contributed by atoms with van der Waals surface area (Å²) in [6.45, 7) is 4.92. The molecule has 0 radical (unpaired) electrons. The summed E-state index contributed by atoms with van der Waals surface area (Å²) in [4.78, 5) is 17.0. The Morgan fingerprint density at radius 1 is 1.22 bits per heavy atom. The second-order valence-corrected chi connectivity index (χ2v) is 8.05. The molecule has 9 heteroatoms. The number of benzene rings is 2. The van der Waals surface area contributed by atoms with Crippen molar-refractivity contribution in [2.45, 2.75) is 33.4 Å². The van der Waals surface area contributed by atoms with Crippen LogP contribution in [0.15, 0.2) is 42.6 Å². The number of methoxy groups -OCH3 is 1. The smallest absolute Gasteiger partial charge is 0.412 e. The van der Waals surface area contributed by atoms with Crippen LogP contribution in [0.1, 0.15) is 25.1 Å². The molecule has 0 fully saturated rings. The summed E-state index contributed by atoms with van der Waals surface area (Å²) in [6.07, 6.45) is 1.86. The molecule has 4 aromatic rings. The first-order chi connectivity index (χ1) is 15.5. The number of carbonyl (C=O) groups is 1. The van der Waals surface area contributed by atoms with Crippen LogP contribution < -0.4 is 10.1 Å². The van der Waals surface area contributed by atoms with Gasteiger partial charge in [-0.05, 0) is 43.2 Å². The number of amides is 1. The molecule has 0 aliphatic rings. The van der Waals surface area contributed by atoms with Gasteiger partial charge in [0.15, 0.2) is 0 Å². The first-order valence-electron chi connectivity index (χ1n) is 10.2. The molecule has 0 aliphatic carbocycles. The van der Waals surface area contributed by atoms with Gasteiger partial charge in [-0.25, -0.2) is 14.2 Å². The summed E-state index contributed by atoms with van der Waals surface area (Å²) in [6, 6.07) is 10.1. The molecule has 4 rings (SSSR count). The third-order valence-electron chi connectivity index (χ3n) is 5.02. The molecule has 0 atom stereocenters. The second-order valence-electron chi connectivity index (χ2n) is 7.05. The Morgan fingerprint density at radius 2 is 2.06 bits per heavy atom. The van der Waals surface area contributed by atoms with Crippen LogP contribution in [-0.2, 0) is 24.3 Å². The summed E-state index contributed by atoms with van der Waals surface area (Å²) >= 11 is 1.29. The van der Waals surface area contributed by atoms with Gasteiger partial charge in [0.2, 0.25) is 0 Å². The van der Waals surface area contributed by atoms with Gasteiger partial charge in [-0.15, -0.1) is 0 Å². The highest BCUT2D eigenvalue weighted by atomic mass is 32.1. The SMILES string of the molecule is CCc1nc(-c2ccc(F)cc2OC)sc1NC(=O)OCc1ccc2c(cnn2CC)c1. The molecule has 2 heterocycles. The number of thiazole rings is 1. The van der Waals surface area contributed by atoms with E-state index in [1.54, 1.807) is 12.3 Å². The first kappa shape index (κ1) is 21.8. The van der Waals surface area contributed by atoms with Crippen molar-refractivity contribution in [2.75, 3.05) is 12.4 Å². The van der Waals surface area contributed by atoms with Crippen molar-refractivity contribution in [3.8, 4) is 16.3 Å². The molecule has 1 amide bonds. The Balaban J connectivity index is 1.46. The van der Waals surface area contributed by atoms with Gasteiger partial charge >= 0.3 is 6.09 Å². The summed E-state index contributed by atoms with van der Waals surface area (Å²) in [5.41, 5.74) is 3.31. The number of rotatable bonds is 7. The number of fused-ring (bicyclic) bond motifs is 1. The molecule has 0 bridgehead atoms. The van der Waals surface area contributed by atoms with Gasteiger partial charge in [0, 0.05) is 18.0 Å². The van der Waals surface area contributed by atoms with E-state index in [0.717, 1.165) is 28.7 Å². The lowest BCUT2D eigenvalue weighted by atomic mass is 10.2. The molecule has 32 heavy (non-hydrogen) atoms. The van der Waals surface area contributed by atoms with Crippen molar-refractivity contribution < 1.29 is 18.7 Å². The average molecular weight is 455 g/mol. The van der Waals surface area contributed by atoms with E-state index >= 15 is 0 Å². The summed E-state index contributed by atoms with van der Waals surface area (Å²) in [5.74, 6) is -0.00246. The van der Waals surface area contributed by atoms with Crippen molar-refractivity contribution in [3.63, 3.8) is 0 Å². The first-order valence-corrected chi connectivity index (χ1v) is 11.1. The van der Waals surface area contributed by atoms with Crippen LogP contribution in [0, 0.1) is 5.82 Å². The van der Waals surface area contributed by atoms with Crippen molar-refractivity contribution >= 4 is 33.3 Å². The molecular weight excluding hydrogens is 431 g/mol. The second kappa shape index (κ2) is 9.35. The summed E-state index contributed by atoms with van der Waals surface area (Å²) < 4.78 is 26.1. The molecule has 2 aromatic heterocycles. The largest absolute Gasteiger partial charge is 0.496 e. The maximum atomic E-state index is 13.5. The standard InChI is InChI=1S/C23H23FN4O3S/c1-4-18-22(32-21(26-18)17-8-7-16(24)11-20(17)30-3)27-23(29)31-13-14-6-9-19-15(10-14)12-25-28(19)5-2/h6-12H,4-5,13H2,1-3H3,(H,27,29). The van der Waals surface area contributed by atoms with E-state index in [1.807, 2.05) is 36.7 Å². The summed E-state index contributed by atoms with van der Waals surface area (Å²) in [5, 5.41) is 9.34. The highest BCUT2D eigenvalue weighted by Gasteiger charge is 2.17. The van der Waals surface area contributed by atoms with Crippen LogP contribution in [0.4, 0.5) is 14.2 Å². The molecule has 0 saturated heterocycles. The lowest BCUT2D eigenvalue weighted by Gasteiger charge is -2.07. The van der Waals surface area contributed by atoms with Crippen LogP contribution in [-0.4, -0.2) is 28.0 Å². The molecular formula is C23H23FN4O3S. The van der Waals surface area contributed by atoms with Crippen molar-refractivity contribution in [1.82, 2.24) is 14.8 Å². The van der Waals surface area contributed by atoms with Gasteiger partial charge in [-0.2, -0.15) is 5.10 Å². The number of hydrogen-bond acceptors (Lipinski definition) is 6. The van der Waals surface area contributed by atoms with E-state index in [0.29, 0.717) is 27.7 Å². The number of carbonyl (C=O) groups excluding carboxylic acids is 1. The minimum atomic E-state index is -0.565. The molecule has 1 N–H and O–H groups in total. The number of aryl methyl sites for hydroxylation is 2. The van der Waals surface area contributed by atoms with Gasteiger partial charge in [0.25, 0.3) is 0 Å². The predicted octanol–water partition coefficient (Wildman–Crippen LogP) is 5.64. The highest BCUT2D eigenvalue weighted by molar-refractivity contribution is 7.19. The third kappa shape index (κ3) is 4.43. The van der Waals surface area contributed by atoms with E-state index in [-0.39, 0.29) is 12.4 Å². The van der Waals surface area contributed by atoms with E-state index < -0.39 is 6.09 Å². The summed E-state index contributed by atoms with van der Waals surface area (Å²) in [7, 11) is 1.48. The number of anilines is 1. The van der Waals surface area contributed by atoms with Gasteiger partial charge in [0.1, 0.15) is 28.2 Å². The predicted molar refractivity (Wildman–Crippen MR) is 123 cm³/mol. The van der Waals surface area contributed by atoms with Gasteiger partial charge in [0.05, 0.1) is 30.1 Å². The Labute approximate surface area is 188 Å². The zero-order chi connectivity index (χ0) is 22.7. The van der Waals surface area contributed by atoms with Crippen LogP contribution >= 0.6 is 11.3 Å². The Kier molecular flexibility index (Phi) is 6.36. The molecule has 0 unspecified atom stereocenters. The maximum absolute atomic E-state index is 13.5. The normalized spacial score (nSPS) is 11.0. The fourth-order valence-corrected chi connectivity index (χ4v) is 4.47. The zero-order valence-corrected chi connectivity index (χ0v) is 18.8. The fourth-order valence-electron chi connectivity index (χ4n) is 3.40. The van der Waals surface area contributed by atoms with E-state index in [1.165, 1.54) is 30.6 Å². The zero-order valence-electron chi connectivity index (χ0n) is 18.0. The maximum Gasteiger partial charge on any atom is 0.412 e. The van der Waals surface area contributed by atoms with Crippen LogP contribution in [0.3, 0.4) is 0 Å². The number of nitrogens with one attached hydrogen (secondary N) is 1. The quantitative estimate of drug-likeness (QED) is 0.391. The fraction of sp³-hybridized carbons (Fsp3) is 0.261. The molecule has 166 valence electrons. The van der Waals surface area contributed by atoms with Crippen LogP contribution in [0.2, 0.25) is 0 Å². The van der Waals surface area contributed by atoms with Gasteiger partial charge in [-0.3, -0.25) is 10.00 Å². The average Bonchev–Trinajstić information content (AvgIpc) is 3.40. The minimum Gasteiger partial charge on any atom is -0.496 e. The Hall–Kier alpha value is -3.46. The highest BCUT2D eigenvalue weighted by Crippen LogP contribution is 2.37. The van der Waals surface area contributed by atoms with Crippen LogP contribution in [0.25, 0.3) is 21.5 Å². The lowest BCUT2D eigenvalue weighted by molar-refractivity contribution is 0.155. The Morgan fingerprint density at radius 3 is 2.81 bits per heavy atom. The third-order valence-corrected chi connectivity index (χ3v) is 6.06. The lowest BCUT2D eigenvalue weighted by Crippen LogP contribution is -2.13. The van der Waals surface area contributed by atoms with E-state index in [4.69, 9.17) is 9.47 Å². The molecule has 2 aromatic carbocycles. The van der Waals surface area contributed by atoms with E-state index in [2.05, 4.69) is 15.4 Å². The monoisotopic (exact) mass is 454 g/mol. The van der Waals surface area contributed by atoms with Crippen molar-refractivity contribution in [2.24, 2.45) is 0 Å². The van der Waals surface area contributed by atoms with E-state index in [9.17, 15) is 9.18 Å². The number of nitrogens with zero attached hydrogens (tertiary/aromatic N) is 3. The van der Waals surface area contributed by atoms with Crippen molar-refractivity contribution in [1.29, 1.82) is 0 Å². The van der Waals surface area contributed by atoms with Crippen molar-refractivity contribution in [3.05, 3.63) is 59.7 Å². The Bertz CT molecular complexity index is 1270. The minimum absolute atomic E-state index is 0.137. The molecule has 0 spiro atoms. The molecule has 7 nitrogen and oxygen atoms in total. The van der Waals surface area contributed by atoms with Crippen LogP contribution in [0.5, 0.6) is 5.75 Å². The number of aromatic nitrogens is 3. The number of halogens is 1. The number of ether oxygens (including phenoxy) is 2. The molecule has 0 aliphatic heterocycles. The topological polar surface area (TPSA) is 78.3 Å². The van der Waals surface area contributed by atoms with Gasteiger partial charge in [-0.1, -0.05) is 24.3 Å². The molecule has 0 saturated carbocycles. The number of hydrogen-bond donors (Lipinski definition) is 1.